The van der Waals surface area contributed by atoms with Crippen LogP contribution in [0.4, 0.5) is 5.69 Å². The van der Waals surface area contributed by atoms with Crippen LogP contribution in [0.5, 0.6) is 0 Å². The summed E-state index contributed by atoms with van der Waals surface area (Å²) in [6, 6.07) is 6.17. The van der Waals surface area contributed by atoms with Crippen molar-refractivity contribution in [3.63, 3.8) is 0 Å². The zero-order valence-corrected chi connectivity index (χ0v) is 14.2. The summed E-state index contributed by atoms with van der Waals surface area (Å²) in [5.74, 6) is 1.40. The number of anilines is 1. The molecule has 2 bridgehead atoms. The second-order valence-electron chi connectivity index (χ2n) is 6.39. The molecular formula is C16H22N2O4S. The number of carbonyl (C=O) groups is 1. The van der Waals surface area contributed by atoms with Gasteiger partial charge in [0.25, 0.3) is 10.0 Å². The minimum Gasteiger partial charge on any atom is -0.326 e. The molecule has 1 aromatic rings. The van der Waals surface area contributed by atoms with Gasteiger partial charge in [0, 0.05) is 18.7 Å². The molecule has 6 nitrogen and oxygen atoms in total. The molecule has 0 heterocycles. The van der Waals surface area contributed by atoms with E-state index >= 15 is 0 Å². The molecule has 2 aliphatic carbocycles. The van der Waals surface area contributed by atoms with Crippen LogP contribution in [-0.2, 0) is 19.7 Å². The standard InChI is InChI=1S/C16H22N2O4S/c1-18(22-2)23(20,21)14-7-5-13(6-8-14)17-16(19)15-10-11-3-4-12(15)9-11/h5-8,11-12,15H,3-4,9-10H2,1-2H3,(H,17,19). The van der Waals surface area contributed by atoms with E-state index in [-0.39, 0.29) is 16.7 Å². The van der Waals surface area contributed by atoms with Crippen molar-refractivity contribution in [1.82, 2.24) is 4.47 Å². The zero-order valence-electron chi connectivity index (χ0n) is 13.4. The maximum absolute atomic E-state index is 12.4. The van der Waals surface area contributed by atoms with Gasteiger partial charge in [0.1, 0.15) is 0 Å². The van der Waals surface area contributed by atoms with Crippen molar-refractivity contribution in [3.05, 3.63) is 24.3 Å². The number of carbonyl (C=O) groups excluding carboxylic acids is 1. The highest BCUT2D eigenvalue weighted by atomic mass is 32.2. The Morgan fingerprint density at radius 3 is 2.43 bits per heavy atom. The van der Waals surface area contributed by atoms with Gasteiger partial charge in [-0.1, -0.05) is 10.9 Å². The largest absolute Gasteiger partial charge is 0.326 e. The normalized spacial score (nSPS) is 26.7. The van der Waals surface area contributed by atoms with E-state index in [1.165, 1.54) is 39.1 Å². The third kappa shape index (κ3) is 3.13. The van der Waals surface area contributed by atoms with Crippen LogP contribution in [0.3, 0.4) is 0 Å². The van der Waals surface area contributed by atoms with Crippen molar-refractivity contribution in [3.8, 4) is 0 Å². The number of benzene rings is 1. The van der Waals surface area contributed by atoms with Crippen LogP contribution in [0.15, 0.2) is 29.2 Å². The van der Waals surface area contributed by atoms with Crippen molar-refractivity contribution in [2.45, 2.75) is 30.6 Å². The van der Waals surface area contributed by atoms with Crippen LogP contribution in [-0.4, -0.2) is 33.0 Å². The van der Waals surface area contributed by atoms with Crippen LogP contribution < -0.4 is 5.32 Å². The van der Waals surface area contributed by atoms with E-state index in [9.17, 15) is 13.2 Å². The van der Waals surface area contributed by atoms with Gasteiger partial charge in [0.15, 0.2) is 0 Å². The van der Waals surface area contributed by atoms with Gasteiger partial charge in [-0.25, -0.2) is 8.42 Å². The van der Waals surface area contributed by atoms with E-state index in [4.69, 9.17) is 4.84 Å². The molecular weight excluding hydrogens is 316 g/mol. The molecule has 2 saturated carbocycles. The highest BCUT2D eigenvalue weighted by Crippen LogP contribution is 2.48. The van der Waals surface area contributed by atoms with Crippen LogP contribution in [0.1, 0.15) is 25.7 Å². The van der Waals surface area contributed by atoms with Crippen molar-refractivity contribution in [1.29, 1.82) is 0 Å². The first-order valence-electron chi connectivity index (χ1n) is 7.86. The Hall–Kier alpha value is -1.44. The minimum absolute atomic E-state index is 0.0572. The Morgan fingerprint density at radius 1 is 1.22 bits per heavy atom. The van der Waals surface area contributed by atoms with Crippen LogP contribution in [0.2, 0.25) is 0 Å². The number of amides is 1. The summed E-state index contributed by atoms with van der Waals surface area (Å²) in [6.45, 7) is 0. The lowest BCUT2D eigenvalue weighted by Gasteiger charge is -2.21. The molecule has 2 fully saturated rings. The van der Waals surface area contributed by atoms with E-state index < -0.39 is 10.0 Å². The predicted molar refractivity (Wildman–Crippen MR) is 86.0 cm³/mol. The molecule has 3 rings (SSSR count). The van der Waals surface area contributed by atoms with Crippen LogP contribution >= 0.6 is 0 Å². The van der Waals surface area contributed by atoms with Crippen molar-refractivity contribution >= 4 is 21.6 Å². The molecule has 0 aromatic heterocycles. The summed E-state index contributed by atoms with van der Waals surface area (Å²) >= 11 is 0. The summed E-state index contributed by atoms with van der Waals surface area (Å²) < 4.78 is 25.0. The van der Waals surface area contributed by atoms with Gasteiger partial charge in [0.2, 0.25) is 5.91 Å². The van der Waals surface area contributed by atoms with E-state index in [0.717, 1.165) is 17.3 Å². The summed E-state index contributed by atoms with van der Waals surface area (Å²) in [5, 5.41) is 2.91. The molecule has 3 unspecified atom stereocenters. The molecule has 2 aliphatic rings. The highest BCUT2D eigenvalue weighted by molar-refractivity contribution is 7.89. The number of hydroxylamine groups is 1. The SMILES string of the molecule is CON(C)S(=O)(=O)c1ccc(NC(=O)C2CC3CCC2C3)cc1. The van der Waals surface area contributed by atoms with E-state index in [2.05, 4.69) is 5.32 Å². The molecule has 1 N–H and O–H groups in total. The van der Waals surface area contributed by atoms with Crippen LogP contribution in [0.25, 0.3) is 0 Å². The van der Waals surface area contributed by atoms with E-state index in [1.54, 1.807) is 12.1 Å². The number of fused-ring (bicyclic) bond motifs is 2. The topological polar surface area (TPSA) is 75.7 Å². The van der Waals surface area contributed by atoms with Gasteiger partial charge < -0.3 is 5.32 Å². The number of nitrogens with zero attached hydrogens (tertiary/aromatic N) is 1. The Kier molecular flexibility index (Phi) is 4.44. The molecule has 0 aliphatic heterocycles. The van der Waals surface area contributed by atoms with Gasteiger partial charge in [-0.3, -0.25) is 9.63 Å². The summed E-state index contributed by atoms with van der Waals surface area (Å²) in [6.07, 6.45) is 4.58. The Bertz CT molecular complexity index is 687. The summed E-state index contributed by atoms with van der Waals surface area (Å²) in [7, 11) is -1.03. The van der Waals surface area contributed by atoms with E-state index in [0.29, 0.717) is 17.5 Å². The lowest BCUT2D eigenvalue weighted by atomic mass is 9.88. The number of nitrogens with one attached hydrogen (secondary N) is 1. The molecule has 3 atom stereocenters. The lowest BCUT2D eigenvalue weighted by Crippen LogP contribution is -2.27. The fourth-order valence-electron chi connectivity index (χ4n) is 3.76. The van der Waals surface area contributed by atoms with Gasteiger partial charge in [-0.2, -0.15) is 0 Å². The molecule has 0 radical (unpaired) electrons. The molecule has 7 heteroatoms. The smallest absolute Gasteiger partial charge is 0.264 e. The predicted octanol–water partition coefficient (Wildman–Crippen LogP) is 2.24. The van der Waals surface area contributed by atoms with Gasteiger partial charge in [-0.15, -0.1) is 0 Å². The Morgan fingerprint density at radius 2 is 1.91 bits per heavy atom. The Labute approximate surface area is 136 Å². The van der Waals surface area contributed by atoms with Crippen molar-refractivity contribution in [2.75, 3.05) is 19.5 Å². The van der Waals surface area contributed by atoms with E-state index in [1.807, 2.05) is 0 Å². The first kappa shape index (κ1) is 16.4. The molecule has 23 heavy (non-hydrogen) atoms. The average Bonchev–Trinajstić information content (AvgIpc) is 3.17. The summed E-state index contributed by atoms with van der Waals surface area (Å²) in [5.41, 5.74) is 0.622. The fourth-order valence-corrected chi connectivity index (χ4v) is 4.73. The van der Waals surface area contributed by atoms with Gasteiger partial charge in [-0.05, 0) is 55.4 Å². The second-order valence-corrected chi connectivity index (χ2v) is 8.33. The van der Waals surface area contributed by atoms with Gasteiger partial charge >= 0.3 is 0 Å². The molecule has 0 saturated heterocycles. The number of hydrogen-bond acceptors (Lipinski definition) is 4. The quantitative estimate of drug-likeness (QED) is 0.836. The zero-order chi connectivity index (χ0) is 16.6. The average molecular weight is 338 g/mol. The van der Waals surface area contributed by atoms with Crippen molar-refractivity contribution < 1.29 is 18.0 Å². The molecule has 0 spiro atoms. The monoisotopic (exact) mass is 338 g/mol. The first-order chi connectivity index (χ1) is 10.9. The lowest BCUT2D eigenvalue weighted by molar-refractivity contribution is -0.121. The number of sulfonamides is 1. The molecule has 1 amide bonds. The number of rotatable bonds is 5. The summed E-state index contributed by atoms with van der Waals surface area (Å²) in [4.78, 5) is 17.2. The fraction of sp³-hybridized carbons (Fsp3) is 0.562. The van der Waals surface area contributed by atoms with Gasteiger partial charge in [0.05, 0.1) is 12.0 Å². The minimum atomic E-state index is -3.66. The molecule has 126 valence electrons. The third-order valence-electron chi connectivity index (χ3n) is 5.09. The maximum atomic E-state index is 12.4. The number of hydrogen-bond donors (Lipinski definition) is 1. The highest BCUT2D eigenvalue weighted by Gasteiger charge is 2.43. The third-order valence-corrected chi connectivity index (χ3v) is 6.78. The first-order valence-corrected chi connectivity index (χ1v) is 9.30. The van der Waals surface area contributed by atoms with Crippen LogP contribution in [0, 0.1) is 17.8 Å². The maximum Gasteiger partial charge on any atom is 0.264 e. The molecule has 1 aromatic carbocycles. The van der Waals surface area contributed by atoms with Crippen molar-refractivity contribution in [2.24, 2.45) is 17.8 Å². The Balaban J connectivity index is 1.67. The second kappa shape index (κ2) is 6.22.